The number of aromatic amines is 1. The van der Waals surface area contributed by atoms with Crippen LogP contribution in [0.5, 0.6) is 0 Å². The average molecular weight is 233 g/mol. The molecule has 1 N–H and O–H groups in total. The average Bonchev–Trinajstić information content (AvgIpc) is 2.15. The van der Waals surface area contributed by atoms with Crippen LogP contribution in [0.4, 0.5) is 0 Å². The van der Waals surface area contributed by atoms with E-state index in [-0.39, 0.29) is 10.7 Å². The van der Waals surface area contributed by atoms with Crippen molar-refractivity contribution in [2.24, 2.45) is 0 Å². The third kappa shape index (κ3) is 3.53. The van der Waals surface area contributed by atoms with Crippen molar-refractivity contribution >= 4 is 11.6 Å². The van der Waals surface area contributed by atoms with Gasteiger partial charge in [0.05, 0.1) is 0 Å². The summed E-state index contributed by atoms with van der Waals surface area (Å²) in [4.78, 5) is 25.0. The lowest BCUT2D eigenvalue weighted by Gasteiger charge is -2.04. The third-order valence-electron chi connectivity index (χ3n) is 1.86. The second-order valence-corrected chi connectivity index (χ2v) is 3.37. The summed E-state index contributed by atoms with van der Waals surface area (Å²) in [7, 11) is 0. The summed E-state index contributed by atoms with van der Waals surface area (Å²) in [5, 5.41) is 0.0612. The maximum atomic E-state index is 11.3. The maximum Gasteiger partial charge on any atom is 0.329 e. The lowest BCUT2D eigenvalue weighted by atomic mass is 10.4. The molecule has 0 bridgehead atoms. The molecule has 1 heterocycles. The van der Waals surface area contributed by atoms with Gasteiger partial charge in [-0.3, -0.25) is 14.3 Å². The molecule has 0 fully saturated rings. The molecule has 15 heavy (non-hydrogen) atoms. The Morgan fingerprint density at radius 2 is 2.27 bits per heavy atom. The van der Waals surface area contributed by atoms with Crippen LogP contribution >= 0.6 is 11.6 Å². The number of nitrogens with one attached hydrogen (secondary N) is 1. The van der Waals surface area contributed by atoms with Crippen molar-refractivity contribution in [2.75, 3.05) is 13.2 Å². The van der Waals surface area contributed by atoms with E-state index in [1.165, 1.54) is 6.07 Å². The van der Waals surface area contributed by atoms with Gasteiger partial charge in [-0.1, -0.05) is 11.6 Å². The molecule has 0 aromatic carbocycles. The number of H-pyrrole nitrogens is 1. The number of ether oxygens (including phenoxy) is 1. The molecule has 0 atom stereocenters. The largest absolute Gasteiger partial charge is 0.382 e. The maximum absolute atomic E-state index is 11.3. The van der Waals surface area contributed by atoms with Gasteiger partial charge >= 0.3 is 5.69 Å². The smallest absolute Gasteiger partial charge is 0.329 e. The molecule has 0 aliphatic rings. The van der Waals surface area contributed by atoms with Gasteiger partial charge in [-0.2, -0.15) is 0 Å². The highest BCUT2D eigenvalue weighted by atomic mass is 35.5. The summed E-state index contributed by atoms with van der Waals surface area (Å²) in [6.07, 6.45) is 0.623. The molecule has 5 nitrogen and oxygen atoms in total. The molecule has 6 heteroatoms. The Hall–Kier alpha value is -1.07. The molecule has 0 spiro atoms. The Bertz CT molecular complexity index is 393. The predicted octanol–water partition coefficient (Wildman–Crippen LogP) is 0.617. The summed E-state index contributed by atoms with van der Waals surface area (Å²) in [6, 6.07) is 1.18. The molecule has 0 saturated carbocycles. The quantitative estimate of drug-likeness (QED) is 0.598. The van der Waals surface area contributed by atoms with Gasteiger partial charge in [-0.25, -0.2) is 4.79 Å². The van der Waals surface area contributed by atoms with Crippen LogP contribution in [0.2, 0.25) is 5.15 Å². The van der Waals surface area contributed by atoms with Crippen LogP contribution in [0.15, 0.2) is 15.7 Å². The second-order valence-electron chi connectivity index (χ2n) is 2.96. The molecule has 84 valence electrons. The lowest BCUT2D eigenvalue weighted by molar-refractivity contribution is 0.141. The highest BCUT2D eigenvalue weighted by Gasteiger charge is 2.02. The number of hydrogen-bond acceptors (Lipinski definition) is 3. The zero-order valence-electron chi connectivity index (χ0n) is 8.46. The van der Waals surface area contributed by atoms with Crippen LogP contribution in [0, 0.1) is 0 Å². The summed E-state index contributed by atoms with van der Waals surface area (Å²) in [6.45, 7) is 3.39. The zero-order chi connectivity index (χ0) is 11.3. The normalized spacial score (nSPS) is 10.5. The van der Waals surface area contributed by atoms with Crippen LogP contribution in [0.1, 0.15) is 13.3 Å². The number of nitrogens with zero attached hydrogens (tertiary/aromatic N) is 1. The van der Waals surface area contributed by atoms with Crippen molar-refractivity contribution in [1.82, 2.24) is 9.55 Å². The topological polar surface area (TPSA) is 64.1 Å². The van der Waals surface area contributed by atoms with Crippen molar-refractivity contribution in [3.8, 4) is 0 Å². The van der Waals surface area contributed by atoms with E-state index in [4.69, 9.17) is 16.3 Å². The van der Waals surface area contributed by atoms with E-state index in [2.05, 4.69) is 4.98 Å². The first-order valence-corrected chi connectivity index (χ1v) is 5.10. The summed E-state index contributed by atoms with van der Waals surface area (Å²) < 4.78 is 6.21. The molecule has 1 aromatic heterocycles. The Labute approximate surface area is 91.6 Å². The lowest BCUT2D eigenvalue weighted by Crippen LogP contribution is -2.34. The summed E-state index contributed by atoms with van der Waals surface area (Å²) in [5.74, 6) is 0. The van der Waals surface area contributed by atoms with E-state index >= 15 is 0 Å². The van der Waals surface area contributed by atoms with Crippen LogP contribution < -0.4 is 11.2 Å². The van der Waals surface area contributed by atoms with E-state index in [1.54, 1.807) is 0 Å². The third-order valence-corrected chi connectivity index (χ3v) is 2.07. The summed E-state index contributed by atoms with van der Waals surface area (Å²) in [5.41, 5.74) is -0.871. The number of hydrogen-bond donors (Lipinski definition) is 1. The van der Waals surface area contributed by atoms with Crippen molar-refractivity contribution in [3.63, 3.8) is 0 Å². The van der Waals surface area contributed by atoms with E-state index in [1.807, 2.05) is 6.92 Å². The first-order valence-electron chi connectivity index (χ1n) is 4.72. The van der Waals surface area contributed by atoms with E-state index in [0.717, 1.165) is 4.57 Å². The fourth-order valence-corrected chi connectivity index (χ4v) is 1.35. The van der Waals surface area contributed by atoms with Gasteiger partial charge < -0.3 is 4.74 Å². The van der Waals surface area contributed by atoms with E-state index in [9.17, 15) is 9.59 Å². The van der Waals surface area contributed by atoms with Crippen molar-refractivity contribution in [2.45, 2.75) is 19.9 Å². The van der Waals surface area contributed by atoms with Crippen LogP contribution in [-0.2, 0) is 11.3 Å². The number of halogens is 1. The highest BCUT2D eigenvalue weighted by Crippen LogP contribution is 1.94. The molecule has 1 rings (SSSR count). The van der Waals surface area contributed by atoms with Gasteiger partial charge in [-0.15, -0.1) is 0 Å². The molecule has 0 amide bonds. The van der Waals surface area contributed by atoms with Gasteiger partial charge in [-0.05, 0) is 13.3 Å². The number of rotatable bonds is 5. The first kappa shape index (κ1) is 12.0. The SMILES string of the molecule is CCOCCCn1c(=O)cc(Cl)[nH]c1=O. The van der Waals surface area contributed by atoms with Crippen molar-refractivity contribution < 1.29 is 4.74 Å². The van der Waals surface area contributed by atoms with Gasteiger partial charge in [0.2, 0.25) is 0 Å². The fraction of sp³-hybridized carbons (Fsp3) is 0.556. The molecule has 0 aliphatic heterocycles. The van der Waals surface area contributed by atoms with Gasteiger partial charge in [0.25, 0.3) is 5.56 Å². The Morgan fingerprint density at radius 3 is 2.87 bits per heavy atom. The molecule has 0 aliphatic carbocycles. The monoisotopic (exact) mass is 232 g/mol. The summed E-state index contributed by atoms with van der Waals surface area (Å²) >= 11 is 5.51. The minimum Gasteiger partial charge on any atom is -0.382 e. The first-order chi connectivity index (χ1) is 7.15. The molecule has 0 unspecified atom stereocenters. The predicted molar refractivity (Wildman–Crippen MR) is 57.4 cm³/mol. The van der Waals surface area contributed by atoms with Crippen LogP contribution in [0.3, 0.4) is 0 Å². The van der Waals surface area contributed by atoms with Gasteiger partial charge in [0, 0.05) is 25.8 Å². The van der Waals surface area contributed by atoms with Crippen molar-refractivity contribution in [3.05, 3.63) is 32.1 Å². The van der Waals surface area contributed by atoms with Crippen LogP contribution in [-0.4, -0.2) is 22.8 Å². The van der Waals surface area contributed by atoms with E-state index in [0.29, 0.717) is 26.2 Å². The Balaban J connectivity index is 2.69. The Kier molecular flexibility index (Phi) is 4.58. The minimum atomic E-state index is -0.482. The molecular weight excluding hydrogens is 220 g/mol. The number of aromatic nitrogens is 2. The Morgan fingerprint density at radius 1 is 1.53 bits per heavy atom. The fourth-order valence-electron chi connectivity index (χ4n) is 1.17. The van der Waals surface area contributed by atoms with Gasteiger partial charge in [0.15, 0.2) is 0 Å². The standard InChI is InChI=1S/C9H13ClN2O3/c1-2-15-5-3-4-12-8(13)6-7(10)11-9(12)14/h6H,2-5H2,1H3,(H,11,14). The highest BCUT2D eigenvalue weighted by molar-refractivity contribution is 6.29. The van der Waals surface area contributed by atoms with Crippen LogP contribution in [0.25, 0.3) is 0 Å². The molecule has 0 radical (unpaired) electrons. The minimum absolute atomic E-state index is 0.0612. The van der Waals surface area contributed by atoms with E-state index < -0.39 is 5.69 Å². The molecule has 1 aromatic rings. The molecule has 0 saturated heterocycles. The second kappa shape index (κ2) is 5.72. The molecular formula is C9H13ClN2O3. The zero-order valence-corrected chi connectivity index (χ0v) is 9.21. The van der Waals surface area contributed by atoms with Gasteiger partial charge in [0.1, 0.15) is 5.15 Å². The van der Waals surface area contributed by atoms with Crippen molar-refractivity contribution in [1.29, 1.82) is 0 Å².